The lowest BCUT2D eigenvalue weighted by Crippen LogP contribution is -2.08. The maximum atomic E-state index is 11.4. The average Bonchev–Trinajstić information content (AvgIpc) is 2.77. The number of aromatic carboxylic acids is 1. The van der Waals surface area contributed by atoms with Crippen LogP contribution in [0.5, 0.6) is 0 Å². The minimum absolute atomic E-state index is 0.244. The highest BCUT2D eigenvalue weighted by Gasteiger charge is 2.16. The van der Waals surface area contributed by atoms with Crippen molar-refractivity contribution in [1.82, 2.24) is 19.5 Å². The van der Waals surface area contributed by atoms with Gasteiger partial charge in [-0.1, -0.05) is 6.07 Å². The number of carbonyl (C=O) groups is 1. The van der Waals surface area contributed by atoms with Gasteiger partial charge in [0.1, 0.15) is 5.82 Å². The molecule has 0 saturated heterocycles. The van der Waals surface area contributed by atoms with Crippen LogP contribution in [-0.4, -0.2) is 30.6 Å². The summed E-state index contributed by atoms with van der Waals surface area (Å²) in [4.78, 5) is 24.4. The van der Waals surface area contributed by atoms with E-state index in [0.29, 0.717) is 17.6 Å². The SMILES string of the molecule is Cc1cnc(Cn2c(C)nc3cccc(C(=O)O)c32)cn1. The zero-order valence-electron chi connectivity index (χ0n) is 11.7. The maximum absolute atomic E-state index is 11.4. The molecule has 0 bridgehead atoms. The Kier molecular flexibility index (Phi) is 3.13. The van der Waals surface area contributed by atoms with E-state index in [0.717, 1.165) is 17.2 Å². The van der Waals surface area contributed by atoms with E-state index in [1.54, 1.807) is 24.5 Å². The number of benzene rings is 1. The molecule has 0 aliphatic carbocycles. The Balaban J connectivity index is 2.15. The molecule has 0 unspecified atom stereocenters. The summed E-state index contributed by atoms with van der Waals surface area (Å²) in [5.74, 6) is -0.210. The molecule has 1 N–H and O–H groups in total. The molecule has 0 fully saturated rings. The van der Waals surface area contributed by atoms with Crippen molar-refractivity contribution >= 4 is 17.0 Å². The van der Waals surface area contributed by atoms with Crippen LogP contribution in [0, 0.1) is 13.8 Å². The van der Waals surface area contributed by atoms with Gasteiger partial charge in [0.05, 0.1) is 40.7 Å². The monoisotopic (exact) mass is 282 g/mol. The fourth-order valence-corrected chi connectivity index (χ4v) is 2.33. The first kappa shape index (κ1) is 13.2. The Morgan fingerprint density at radius 3 is 2.71 bits per heavy atom. The van der Waals surface area contributed by atoms with Crippen LogP contribution in [0.15, 0.2) is 30.6 Å². The molecule has 21 heavy (non-hydrogen) atoms. The van der Waals surface area contributed by atoms with Crippen LogP contribution in [0.2, 0.25) is 0 Å². The lowest BCUT2D eigenvalue weighted by molar-refractivity contribution is 0.0698. The number of carboxylic acid groups (broad SMARTS) is 1. The number of aryl methyl sites for hydroxylation is 2. The second-order valence-electron chi connectivity index (χ2n) is 4.87. The summed E-state index contributed by atoms with van der Waals surface area (Å²) in [5, 5.41) is 9.35. The first-order chi connectivity index (χ1) is 10.1. The number of hydrogen-bond acceptors (Lipinski definition) is 4. The van der Waals surface area contributed by atoms with Gasteiger partial charge in [-0.15, -0.1) is 0 Å². The summed E-state index contributed by atoms with van der Waals surface area (Å²) in [5.41, 5.74) is 3.14. The highest BCUT2D eigenvalue weighted by atomic mass is 16.4. The van der Waals surface area contributed by atoms with Gasteiger partial charge < -0.3 is 9.67 Å². The highest BCUT2D eigenvalue weighted by Crippen LogP contribution is 2.21. The number of carboxylic acids is 1. The topological polar surface area (TPSA) is 80.9 Å². The molecule has 0 radical (unpaired) electrons. The van der Waals surface area contributed by atoms with Gasteiger partial charge in [0, 0.05) is 6.20 Å². The summed E-state index contributed by atoms with van der Waals surface area (Å²) >= 11 is 0. The van der Waals surface area contributed by atoms with Crippen molar-refractivity contribution in [2.45, 2.75) is 20.4 Å². The minimum atomic E-state index is -0.961. The lowest BCUT2D eigenvalue weighted by atomic mass is 10.2. The standard InChI is InChI=1S/C15H14N4O2/c1-9-6-17-11(7-16-9)8-19-10(2)18-13-5-3-4-12(14(13)19)15(20)21/h3-7H,8H2,1-2H3,(H,20,21). The molecule has 106 valence electrons. The minimum Gasteiger partial charge on any atom is -0.478 e. The number of nitrogens with zero attached hydrogens (tertiary/aromatic N) is 4. The second-order valence-corrected chi connectivity index (χ2v) is 4.87. The van der Waals surface area contributed by atoms with Crippen molar-refractivity contribution in [3.8, 4) is 0 Å². The van der Waals surface area contributed by atoms with Crippen molar-refractivity contribution < 1.29 is 9.90 Å². The van der Waals surface area contributed by atoms with E-state index >= 15 is 0 Å². The van der Waals surface area contributed by atoms with E-state index in [-0.39, 0.29) is 5.56 Å². The molecule has 0 spiro atoms. The molecule has 0 aliphatic rings. The number of para-hydroxylation sites is 1. The van der Waals surface area contributed by atoms with E-state index in [2.05, 4.69) is 15.0 Å². The molecule has 2 aromatic heterocycles. The summed E-state index contributed by atoms with van der Waals surface area (Å²) in [6, 6.07) is 5.10. The van der Waals surface area contributed by atoms with Gasteiger partial charge in [-0.2, -0.15) is 0 Å². The summed E-state index contributed by atoms with van der Waals surface area (Å²) in [6.07, 6.45) is 3.39. The third kappa shape index (κ3) is 2.35. The van der Waals surface area contributed by atoms with Gasteiger partial charge in [-0.3, -0.25) is 9.97 Å². The number of rotatable bonds is 3. The molecule has 3 rings (SSSR count). The fourth-order valence-electron chi connectivity index (χ4n) is 2.33. The maximum Gasteiger partial charge on any atom is 0.337 e. The third-order valence-electron chi connectivity index (χ3n) is 3.34. The van der Waals surface area contributed by atoms with Gasteiger partial charge in [0.25, 0.3) is 0 Å². The van der Waals surface area contributed by atoms with Gasteiger partial charge in [0.15, 0.2) is 0 Å². The van der Waals surface area contributed by atoms with Crippen LogP contribution in [0.1, 0.15) is 27.6 Å². The molecular formula is C15H14N4O2. The Morgan fingerprint density at radius 1 is 1.24 bits per heavy atom. The van der Waals surface area contributed by atoms with Crippen molar-refractivity contribution in [2.75, 3.05) is 0 Å². The molecule has 6 heteroatoms. The summed E-state index contributed by atoms with van der Waals surface area (Å²) < 4.78 is 1.86. The van der Waals surface area contributed by atoms with Crippen LogP contribution in [0.4, 0.5) is 0 Å². The molecule has 0 aliphatic heterocycles. The van der Waals surface area contributed by atoms with Crippen molar-refractivity contribution in [2.24, 2.45) is 0 Å². The van der Waals surface area contributed by atoms with Crippen molar-refractivity contribution in [1.29, 1.82) is 0 Å². The Bertz CT molecular complexity index is 822. The molecule has 0 amide bonds. The Hall–Kier alpha value is -2.76. The van der Waals surface area contributed by atoms with E-state index in [1.807, 2.05) is 24.5 Å². The molecule has 0 atom stereocenters. The highest BCUT2D eigenvalue weighted by molar-refractivity contribution is 6.01. The normalized spacial score (nSPS) is 11.0. The Labute approximate surface area is 121 Å². The van der Waals surface area contributed by atoms with Crippen LogP contribution in [0.25, 0.3) is 11.0 Å². The lowest BCUT2D eigenvalue weighted by Gasteiger charge is -2.08. The smallest absolute Gasteiger partial charge is 0.337 e. The van der Waals surface area contributed by atoms with E-state index < -0.39 is 5.97 Å². The van der Waals surface area contributed by atoms with Gasteiger partial charge in [-0.05, 0) is 26.0 Å². The molecule has 3 aromatic rings. The van der Waals surface area contributed by atoms with Crippen molar-refractivity contribution in [3.63, 3.8) is 0 Å². The zero-order valence-corrected chi connectivity index (χ0v) is 11.7. The van der Waals surface area contributed by atoms with Crippen LogP contribution < -0.4 is 0 Å². The summed E-state index contributed by atoms with van der Waals surface area (Å²) in [7, 11) is 0. The third-order valence-corrected chi connectivity index (χ3v) is 3.34. The first-order valence-electron chi connectivity index (χ1n) is 6.53. The number of hydrogen-bond donors (Lipinski definition) is 1. The molecule has 6 nitrogen and oxygen atoms in total. The van der Waals surface area contributed by atoms with E-state index in [1.165, 1.54) is 0 Å². The van der Waals surface area contributed by atoms with Crippen LogP contribution in [-0.2, 0) is 6.54 Å². The predicted molar refractivity (Wildman–Crippen MR) is 77.3 cm³/mol. The van der Waals surface area contributed by atoms with Gasteiger partial charge >= 0.3 is 5.97 Å². The van der Waals surface area contributed by atoms with Crippen LogP contribution >= 0.6 is 0 Å². The average molecular weight is 282 g/mol. The molecular weight excluding hydrogens is 268 g/mol. The largest absolute Gasteiger partial charge is 0.478 e. The number of imidazole rings is 1. The quantitative estimate of drug-likeness (QED) is 0.796. The van der Waals surface area contributed by atoms with Crippen molar-refractivity contribution in [3.05, 3.63) is 53.4 Å². The number of fused-ring (bicyclic) bond motifs is 1. The van der Waals surface area contributed by atoms with Gasteiger partial charge in [-0.25, -0.2) is 9.78 Å². The molecule has 2 heterocycles. The van der Waals surface area contributed by atoms with E-state index in [9.17, 15) is 9.90 Å². The number of aromatic nitrogens is 4. The predicted octanol–water partition coefficient (Wildman–Crippen LogP) is 2.19. The second kappa shape index (κ2) is 4.97. The Morgan fingerprint density at radius 2 is 2.05 bits per heavy atom. The fraction of sp³-hybridized carbons (Fsp3) is 0.200. The van der Waals surface area contributed by atoms with Gasteiger partial charge in [0.2, 0.25) is 0 Å². The van der Waals surface area contributed by atoms with Crippen LogP contribution in [0.3, 0.4) is 0 Å². The van der Waals surface area contributed by atoms with E-state index in [4.69, 9.17) is 0 Å². The molecule has 0 saturated carbocycles. The molecule has 1 aromatic carbocycles. The summed E-state index contributed by atoms with van der Waals surface area (Å²) in [6.45, 7) is 4.17. The zero-order chi connectivity index (χ0) is 15.0. The first-order valence-corrected chi connectivity index (χ1v) is 6.53.